The first-order chi connectivity index (χ1) is 13.6. The Morgan fingerprint density at radius 3 is 2.71 bits per heavy atom. The standard InChI is InChI=1S/C23H26FNO3/c1-27-21-8-5-18(24)14-20(21)17-4-2-3-16(13-17)15-23(9-11-28-12-10-23)22(26)25-19-6-7-19/h2-5,8,13-14,19H,6-7,9-12,15H2,1H3,(H,25,26). The van der Waals surface area contributed by atoms with Gasteiger partial charge in [-0.2, -0.15) is 0 Å². The highest BCUT2D eigenvalue weighted by Gasteiger charge is 2.42. The number of carbonyl (C=O) groups excluding carboxylic acids is 1. The Hall–Kier alpha value is -2.40. The molecule has 1 saturated carbocycles. The highest BCUT2D eigenvalue weighted by Crippen LogP contribution is 2.38. The SMILES string of the molecule is COc1ccc(F)cc1-c1cccc(CC2(C(=O)NC3CC3)CCOCC2)c1. The Balaban J connectivity index is 1.63. The Morgan fingerprint density at radius 1 is 1.21 bits per heavy atom. The van der Waals surface area contributed by atoms with E-state index < -0.39 is 5.41 Å². The summed E-state index contributed by atoms with van der Waals surface area (Å²) in [5, 5.41) is 3.19. The van der Waals surface area contributed by atoms with E-state index in [4.69, 9.17) is 9.47 Å². The van der Waals surface area contributed by atoms with Gasteiger partial charge in [-0.3, -0.25) is 4.79 Å². The topological polar surface area (TPSA) is 47.6 Å². The van der Waals surface area contributed by atoms with E-state index in [0.717, 1.165) is 36.8 Å². The van der Waals surface area contributed by atoms with Crippen molar-refractivity contribution in [3.63, 3.8) is 0 Å². The monoisotopic (exact) mass is 383 g/mol. The molecule has 0 aromatic heterocycles. The zero-order valence-electron chi connectivity index (χ0n) is 16.2. The van der Waals surface area contributed by atoms with Crippen LogP contribution in [0.1, 0.15) is 31.2 Å². The zero-order valence-corrected chi connectivity index (χ0v) is 16.2. The van der Waals surface area contributed by atoms with E-state index in [1.54, 1.807) is 13.2 Å². The molecule has 2 aromatic carbocycles. The van der Waals surface area contributed by atoms with Gasteiger partial charge in [0.05, 0.1) is 12.5 Å². The van der Waals surface area contributed by atoms with E-state index in [2.05, 4.69) is 5.32 Å². The third-order valence-corrected chi connectivity index (χ3v) is 5.79. The Bertz CT molecular complexity index is 857. The molecule has 1 saturated heterocycles. The van der Waals surface area contributed by atoms with Crippen LogP contribution in [0.15, 0.2) is 42.5 Å². The fourth-order valence-corrected chi connectivity index (χ4v) is 3.96. The molecule has 4 rings (SSSR count). The van der Waals surface area contributed by atoms with Crippen LogP contribution in [-0.2, 0) is 16.0 Å². The van der Waals surface area contributed by atoms with Gasteiger partial charge in [-0.15, -0.1) is 0 Å². The molecule has 1 aliphatic heterocycles. The molecule has 2 aliphatic rings. The molecule has 2 fully saturated rings. The van der Waals surface area contributed by atoms with Crippen LogP contribution in [0.4, 0.5) is 4.39 Å². The minimum absolute atomic E-state index is 0.145. The quantitative estimate of drug-likeness (QED) is 0.816. The van der Waals surface area contributed by atoms with Gasteiger partial charge in [0.25, 0.3) is 0 Å². The molecular weight excluding hydrogens is 357 g/mol. The molecule has 5 heteroatoms. The van der Waals surface area contributed by atoms with Crippen molar-refractivity contribution >= 4 is 5.91 Å². The molecule has 1 heterocycles. The predicted octanol–water partition coefficient (Wildman–Crippen LogP) is 4.12. The smallest absolute Gasteiger partial charge is 0.226 e. The molecule has 2 aromatic rings. The van der Waals surface area contributed by atoms with Gasteiger partial charge < -0.3 is 14.8 Å². The minimum Gasteiger partial charge on any atom is -0.496 e. The maximum Gasteiger partial charge on any atom is 0.226 e. The van der Waals surface area contributed by atoms with Crippen molar-refractivity contribution in [1.82, 2.24) is 5.32 Å². The molecule has 1 aliphatic carbocycles. The number of benzene rings is 2. The summed E-state index contributed by atoms with van der Waals surface area (Å²) < 4.78 is 24.8. The molecule has 0 atom stereocenters. The molecule has 0 radical (unpaired) electrons. The van der Waals surface area contributed by atoms with Crippen LogP contribution < -0.4 is 10.1 Å². The second-order valence-corrected chi connectivity index (χ2v) is 7.86. The summed E-state index contributed by atoms with van der Waals surface area (Å²) in [6.45, 7) is 1.21. The highest BCUT2D eigenvalue weighted by molar-refractivity contribution is 5.83. The molecule has 1 amide bonds. The molecule has 4 nitrogen and oxygen atoms in total. The van der Waals surface area contributed by atoms with Crippen molar-refractivity contribution in [2.45, 2.75) is 38.1 Å². The number of hydrogen-bond acceptors (Lipinski definition) is 3. The van der Waals surface area contributed by atoms with Crippen LogP contribution >= 0.6 is 0 Å². The van der Waals surface area contributed by atoms with Crippen LogP contribution in [0.25, 0.3) is 11.1 Å². The molecular formula is C23H26FNO3. The maximum absolute atomic E-state index is 13.8. The van der Waals surface area contributed by atoms with Crippen molar-refractivity contribution in [3.05, 3.63) is 53.8 Å². The van der Waals surface area contributed by atoms with E-state index in [1.807, 2.05) is 24.3 Å². The number of ether oxygens (including phenoxy) is 2. The van der Waals surface area contributed by atoms with Gasteiger partial charge in [0, 0.05) is 24.8 Å². The second-order valence-electron chi connectivity index (χ2n) is 7.86. The van der Waals surface area contributed by atoms with Gasteiger partial charge in [-0.25, -0.2) is 4.39 Å². The Labute approximate surface area is 165 Å². The molecule has 0 bridgehead atoms. The highest BCUT2D eigenvalue weighted by atomic mass is 19.1. The largest absolute Gasteiger partial charge is 0.496 e. The third-order valence-electron chi connectivity index (χ3n) is 5.79. The van der Waals surface area contributed by atoms with Crippen molar-refractivity contribution in [2.75, 3.05) is 20.3 Å². The van der Waals surface area contributed by atoms with E-state index >= 15 is 0 Å². The lowest BCUT2D eigenvalue weighted by molar-refractivity contribution is -0.136. The molecule has 0 spiro atoms. The minimum atomic E-state index is -0.439. The van der Waals surface area contributed by atoms with Gasteiger partial charge in [-0.1, -0.05) is 24.3 Å². The van der Waals surface area contributed by atoms with E-state index in [9.17, 15) is 9.18 Å². The number of rotatable bonds is 6. The predicted molar refractivity (Wildman–Crippen MR) is 106 cm³/mol. The Kier molecular flexibility index (Phi) is 5.36. The van der Waals surface area contributed by atoms with Crippen LogP contribution in [0.5, 0.6) is 5.75 Å². The fraction of sp³-hybridized carbons (Fsp3) is 0.435. The number of nitrogens with one attached hydrogen (secondary N) is 1. The number of methoxy groups -OCH3 is 1. The average Bonchev–Trinajstić information content (AvgIpc) is 3.53. The van der Waals surface area contributed by atoms with Crippen molar-refractivity contribution < 1.29 is 18.7 Å². The first kappa shape index (κ1) is 18.9. The maximum atomic E-state index is 13.8. The van der Waals surface area contributed by atoms with Crippen molar-refractivity contribution in [3.8, 4) is 16.9 Å². The summed E-state index contributed by atoms with van der Waals surface area (Å²) in [5.41, 5.74) is 2.23. The van der Waals surface area contributed by atoms with Crippen LogP contribution in [0.2, 0.25) is 0 Å². The van der Waals surface area contributed by atoms with Crippen molar-refractivity contribution in [2.24, 2.45) is 5.41 Å². The van der Waals surface area contributed by atoms with E-state index in [-0.39, 0.29) is 11.7 Å². The van der Waals surface area contributed by atoms with Crippen molar-refractivity contribution in [1.29, 1.82) is 0 Å². The van der Waals surface area contributed by atoms with E-state index in [0.29, 0.717) is 37.0 Å². The molecule has 1 N–H and O–H groups in total. The number of amides is 1. The lowest BCUT2D eigenvalue weighted by Gasteiger charge is -2.36. The lowest BCUT2D eigenvalue weighted by atomic mass is 9.74. The van der Waals surface area contributed by atoms with Gasteiger partial charge in [0.2, 0.25) is 5.91 Å². The zero-order chi connectivity index (χ0) is 19.6. The summed E-state index contributed by atoms with van der Waals surface area (Å²) >= 11 is 0. The van der Waals surface area contributed by atoms with Gasteiger partial charge in [-0.05, 0) is 61.4 Å². The van der Waals surface area contributed by atoms with Crippen LogP contribution in [0.3, 0.4) is 0 Å². The normalized spacial score (nSPS) is 18.5. The fourth-order valence-electron chi connectivity index (χ4n) is 3.96. The number of carbonyl (C=O) groups is 1. The summed E-state index contributed by atoms with van der Waals surface area (Å²) in [6, 6.07) is 12.8. The van der Waals surface area contributed by atoms with Gasteiger partial charge in [0.15, 0.2) is 0 Å². The summed E-state index contributed by atoms with van der Waals surface area (Å²) in [5.74, 6) is 0.476. The average molecular weight is 383 g/mol. The first-order valence-corrected chi connectivity index (χ1v) is 9.91. The lowest BCUT2D eigenvalue weighted by Crippen LogP contribution is -2.46. The third kappa shape index (κ3) is 4.04. The van der Waals surface area contributed by atoms with Crippen LogP contribution in [0, 0.1) is 11.2 Å². The molecule has 0 unspecified atom stereocenters. The van der Waals surface area contributed by atoms with Crippen LogP contribution in [-0.4, -0.2) is 32.3 Å². The number of halogens is 1. The van der Waals surface area contributed by atoms with E-state index in [1.165, 1.54) is 12.1 Å². The van der Waals surface area contributed by atoms with Gasteiger partial charge in [0.1, 0.15) is 11.6 Å². The second kappa shape index (κ2) is 7.92. The summed E-state index contributed by atoms with van der Waals surface area (Å²) in [7, 11) is 1.58. The number of hydrogen-bond donors (Lipinski definition) is 1. The molecule has 28 heavy (non-hydrogen) atoms. The van der Waals surface area contributed by atoms with Gasteiger partial charge >= 0.3 is 0 Å². The first-order valence-electron chi connectivity index (χ1n) is 9.91. The summed E-state index contributed by atoms with van der Waals surface area (Å²) in [6.07, 6.45) is 4.25. The summed E-state index contributed by atoms with van der Waals surface area (Å²) in [4.78, 5) is 13.0. The Morgan fingerprint density at radius 2 is 2.00 bits per heavy atom. The molecule has 148 valence electrons.